The van der Waals surface area contributed by atoms with Gasteiger partial charge in [0, 0.05) is 32.6 Å². The molecule has 0 saturated carbocycles. The number of rotatable bonds is 10. The van der Waals surface area contributed by atoms with Crippen molar-refractivity contribution in [2.45, 2.75) is 65.4 Å². The van der Waals surface area contributed by atoms with E-state index < -0.39 is 49.7 Å². The van der Waals surface area contributed by atoms with Crippen LogP contribution in [0.4, 0.5) is 13.2 Å². The summed E-state index contributed by atoms with van der Waals surface area (Å²) in [5, 5.41) is 0. The van der Waals surface area contributed by atoms with Gasteiger partial charge in [-0.2, -0.15) is 13.2 Å². The van der Waals surface area contributed by atoms with Crippen LogP contribution < -0.4 is 5.43 Å². The van der Waals surface area contributed by atoms with E-state index in [1.165, 1.54) is 24.6 Å². The first-order chi connectivity index (χ1) is 14.2. The zero-order chi connectivity index (χ0) is 24.0. The molecule has 1 atom stereocenters. The fourth-order valence-electron chi connectivity index (χ4n) is 2.62. The molecule has 0 fully saturated rings. The number of alkyl halides is 3. The highest BCUT2D eigenvalue weighted by atomic mass is 28.3. The molecule has 0 aliphatic carbocycles. The summed E-state index contributed by atoms with van der Waals surface area (Å²) in [4.78, 5) is 37.6. The normalized spacial score (nSPS) is 13.1. The second-order valence-corrected chi connectivity index (χ2v) is 14.1. The number of carbonyl (C=O) groups excluding carboxylic acids is 2. The molecule has 0 radical (unpaired) electrons. The van der Waals surface area contributed by atoms with Crippen LogP contribution in [0.5, 0.6) is 0 Å². The number of esters is 1. The van der Waals surface area contributed by atoms with Crippen molar-refractivity contribution in [3.8, 4) is 0 Å². The molecular weight excluding hydrogens is 433 g/mol. The van der Waals surface area contributed by atoms with E-state index in [0.717, 1.165) is 19.2 Å². The van der Waals surface area contributed by atoms with Gasteiger partial charge in [-0.3, -0.25) is 14.4 Å². The largest absolute Gasteiger partial charge is 0.465 e. The second kappa shape index (κ2) is 10.9. The van der Waals surface area contributed by atoms with Crippen LogP contribution in [0.15, 0.2) is 17.2 Å². The molecule has 1 aromatic rings. The molecule has 1 aromatic heterocycles. The van der Waals surface area contributed by atoms with Gasteiger partial charge in [-0.1, -0.05) is 19.6 Å². The maximum atomic E-state index is 13.3. The van der Waals surface area contributed by atoms with Crippen LogP contribution in [0, 0.1) is 6.92 Å². The van der Waals surface area contributed by atoms with E-state index in [0.29, 0.717) is 11.5 Å². The number of hydrogen-bond donors (Lipinski definition) is 0. The minimum Gasteiger partial charge on any atom is -0.465 e. The molecule has 0 aliphatic rings. The lowest BCUT2D eigenvalue weighted by molar-refractivity contribution is -0.175. The van der Waals surface area contributed by atoms with Crippen LogP contribution in [0.3, 0.4) is 0 Å². The van der Waals surface area contributed by atoms with Gasteiger partial charge in [-0.05, 0) is 26.8 Å². The van der Waals surface area contributed by atoms with Gasteiger partial charge in [0.15, 0.2) is 5.43 Å². The minimum atomic E-state index is -4.79. The van der Waals surface area contributed by atoms with E-state index in [9.17, 15) is 27.6 Å². The van der Waals surface area contributed by atoms with Crippen LogP contribution in [0.25, 0.3) is 0 Å². The molecule has 0 bridgehead atoms. The van der Waals surface area contributed by atoms with Crippen LogP contribution >= 0.6 is 0 Å². The average Bonchev–Trinajstić information content (AvgIpc) is 2.63. The quantitative estimate of drug-likeness (QED) is 0.301. The summed E-state index contributed by atoms with van der Waals surface area (Å²) in [7, 11) is -1.31. The number of aromatic nitrogens is 1. The number of pyridine rings is 1. The van der Waals surface area contributed by atoms with Crippen molar-refractivity contribution < 1.29 is 32.2 Å². The van der Waals surface area contributed by atoms with Gasteiger partial charge in [0.2, 0.25) is 0 Å². The lowest BCUT2D eigenvalue weighted by atomic mass is 10.1. The molecule has 11 heteroatoms. The standard InChI is InChI=1S/C20H31F3N2O5Si/c1-7-30-17(26)12-25(15(3)20(21,22)23)19(28)16-11-24(10-14(2)18(16)27)13-29-8-9-31(4,5)6/h10-11,15H,7-9,12-13H2,1-6H3/t15-/m1/s1. The van der Waals surface area contributed by atoms with Crippen LogP contribution in [0.1, 0.15) is 29.8 Å². The van der Waals surface area contributed by atoms with Crippen molar-refractivity contribution in [3.63, 3.8) is 0 Å². The van der Waals surface area contributed by atoms with Gasteiger partial charge in [-0.15, -0.1) is 0 Å². The highest BCUT2D eigenvalue weighted by Crippen LogP contribution is 2.25. The Morgan fingerprint density at radius 1 is 1.23 bits per heavy atom. The zero-order valence-corrected chi connectivity index (χ0v) is 19.8. The summed E-state index contributed by atoms with van der Waals surface area (Å²) in [6.45, 7) is 9.84. The molecule has 31 heavy (non-hydrogen) atoms. The van der Waals surface area contributed by atoms with Crippen LogP contribution in [0.2, 0.25) is 25.7 Å². The number of nitrogens with zero attached hydrogens (tertiary/aromatic N) is 2. The molecule has 1 rings (SSSR count). The first-order valence-corrected chi connectivity index (χ1v) is 13.7. The molecular formula is C20H31F3N2O5Si. The summed E-state index contributed by atoms with van der Waals surface area (Å²) in [5.74, 6) is -2.18. The molecule has 0 saturated heterocycles. The Hall–Kier alpha value is -2.14. The van der Waals surface area contributed by atoms with Gasteiger partial charge in [-0.25, -0.2) is 0 Å². The number of ether oxygens (including phenoxy) is 2. The predicted octanol–water partition coefficient (Wildman–Crippen LogP) is 3.43. The highest BCUT2D eigenvalue weighted by Gasteiger charge is 2.43. The second-order valence-electron chi connectivity index (χ2n) is 8.50. The molecule has 1 amide bonds. The van der Waals surface area contributed by atoms with E-state index in [1.807, 2.05) is 0 Å². The molecule has 1 heterocycles. The third-order valence-corrected chi connectivity index (χ3v) is 6.24. The molecule has 0 aromatic carbocycles. The Morgan fingerprint density at radius 2 is 1.84 bits per heavy atom. The van der Waals surface area contributed by atoms with Crippen LogP contribution in [-0.2, 0) is 21.0 Å². The topological polar surface area (TPSA) is 77.8 Å². The van der Waals surface area contributed by atoms with Crippen molar-refractivity contribution in [2.24, 2.45) is 0 Å². The third-order valence-electron chi connectivity index (χ3n) is 4.53. The number of halogens is 3. The van der Waals surface area contributed by atoms with Gasteiger partial charge in [0.25, 0.3) is 5.91 Å². The van der Waals surface area contributed by atoms with Gasteiger partial charge < -0.3 is 18.9 Å². The van der Waals surface area contributed by atoms with Crippen molar-refractivity contribution in [1.29, 1.82) is 0 Å². The van der Waals surface area contributed by atoms with E-state index in [-0.39, 0.29) is 18.9 Å². The lowest BCUT2D eigenvalue weighted by Crippen LogP contribution is -2.50. The maximum Gasteiger partial charge on any atom is 0.408 e. The Labute approximate surface area is 181 Å². The average molecular weight is 465 g/mol. The van der Waals surface area contributed by atoms with Crippen molar-refractivity contribution in [2.75, 3.05) is 19.8 Å². The Balaban J connectivity index is 3.19. The van der Waals surface area contributed by atoms with Gasteiger partial charge in [0.1, 0.15) is 24.9 Å². The molecule has 7 nitrogen and oxygen atoms in total. The van der Waals surface area contributed by atoms with E-state index in [4.69, 9.17) is 9.47 Å². The van der Waals surface area contributed by atoms with Gasteiger partial charge in [0.05, 0.1) is 6.61 Å². The Bertz CT molecular complexity index is 834. The Kier molecular flexibility index (Phi) is 9.49. The fourth-order valence-corrected chi connectivity index (χ4v) is 3.38. The number of carbonyl (C=O) groups is 2. The molecule has 0 spiro atoms. The first kappa shape index (κ1) is 26.9. The van der Waals surface area contributed by atoms with Crippen LogP contribution in [-0.4, -0.2) is 61.4 Å². The smallest absolute Gasteiger partial charge is 0.408 e. The SMILES string of the molecule is CCOC(=O)CN(C(=O)c1cn(COCC[Si](C)(C)C)cc(C)c1=O)[C@H](C)C(F)(F)F. The summed E-state index contributed by atoms with van der Waals surface area (Å²) >= 11 is 0. The monoisotopic (exact) mass is 464 g/mol. The highest BCUT2D eigenvalue weighted by molar-refractivity contribution is 6.76. The van der Waals surface area contributed by atoms with Crippen molar-refractivity contribution in [1.82, 2.24) is 9.47 Å². The zero-order valence-electron chi connectivity index (χ0n) is 18.8. The van der Waals surface area contributed by atoms with E-state index in [1.54, 1.807) is 0 Å². The van der Waals surface area contributed by atoms with E-state index >= 15 is 0 Å². The first-order valence-electron chi connectivity index (χ1n) is 9.99. The summed E-state index contributed by atoms with van der Waals surface area (Å²) in [6, 6.07) is -1.38. The van der Waals surface area contributed by atoms with Crippen molar-refractivity contribution >= 4 is 20.0 Å². The number of amides is 1. The van der Waals surface area contributed by atoms with Gasteiger partial charge >= 0.3 is 12.1 Å². The molecule has 0 unspecified atom stereocenters. The summed E-state index contributed by atoms with van der Waals surface area (Å²) in [6.07, 6.45) is -2.16. The predicted molar refractivity (Wildman–Crippen MR) is 113 cm³/mol. The molecule has 0 N–H and O–H groups in total. The van der Waals surface area contributed by atoms with E-state index in [2.05, 4.69) is 19.6 Å². The summed E-state index contributed by atoms with van der Waals surface area (Å²) < 4.78 is 51.7. The maximum absolute atomic E-state index is 13.3. The van der Waals surface area contributed by atoms with Crippen molar-refractivity contribution in [3.05, 3.63) is 33.7 Å². The molecule has 0 aliphatic heterocycles. The summed E-state index contributed by atoms with van der Waals surface area (Å²) in [5.41, 5.74) is -0.990. The number of aryl methyl sites for hydroxylation is 1. The fraction of sp³-hybridized carbons (Fsp3) is 0.650. The lowest BCUT2D eigenvalue weighted by Gasteiger charge is -2.30. The molecule has 176 valence electrons. The minimum absolute atomic E-state index is 0.0403. The third kappa shape index (κ3) is 8.48. The Morgan fingerprint density at radius 3 is 2.35 bits per heavy atom. The number of hydrogen-bond acceptors (Lipinski definition) is 5.